The van der Waals surface area contributed by atoms with Crippen LogP contribution in [0.25, 0.3) is 0 Å². The zero-order chi connectivity index (χ0) is 24.2. The fraction of sp³-hybridized carbons (Fsp3) is 0.407. The molecule has 2 aromatic carbocycles. The summed E-state index contributed by atoms with van der Waals surface area (Å²) in [6.45, 7) is 1.92. The summed E-state index contributed by atoms with van der Waals surface area (Å²) in [6.07, 6.45) is 4.68. The highest BCUT2D eigenvalue weighted by Gasteiger charge is 2.47. The van der Waals surface area contributed by atoms with Gasteiger partial charge >= 0.3 is 5.97 Å². The van der Waals surface area contributed by atoms with Gasteiger partial charge in [-0.05, 0) is 49.6 Å². The Bertz CT molecular complexity index is 1060. The van der Waals surface area contributed by atoms with Gasteiger partial charge in [-0.1, -0.05) is 49.6 Å². The Hall–Kier alpha value is -3.48. The first kappa shape index (κ1) is 23.7. The molecule has 4 rings (SSSR count). The lowest BCUT2D eigenvalue weighted by molar-refractivity contribution is -0.145. The van der Waals surface area contributed by atoms with Crippen LogP contribution < -0.4 is 4.90 Å². The summed E-state index contributed by atoms with van der Waals surface area (Å²) in [5, 5.41) is 0. The SMILES string of the molecule is COC(=O)c1ccc(N2C(=O)CC(N(C(=O)C3CCCCC3)C(C)c3ccccc3)C2=O)cc1. The van der Waals surface area contributed by atoms with Crippen LogP contribution in [0.1, 0.15) is 67.4 Å². The largest absolute Gasteiger partial charge is 0.465 e. The number of methoxy groups -OCH3 is 1. The minimum Gasteiger partial charge on any atom is -0.465 e. The molecule has 1 saturated carbocycles. The van der Waals surface area contributed by atoms with Gasteiger partial charge in [0, 0.05) is 5.92 Å². The molecule has 2 aromatic rings. The number of esters is 1. The molecular formula is C27H30N2O5. The third-order valence-corrected chi connectivity index (χ3v) is 6.91. The van der Waals surface area contributed by atoms with Crippen molar-refractivity contribution in [1.29, 1.82) is 0 Å². The van der Waals surface area contributed by atoms with Gasteiger partial charge in [-0.25, -0.2) is 9.69 Å². The summed E-state index contributed by atoms with van der Waals surface area (Å²) in [7, 11) is 1.29. The molecule has 34 heavy (non-hydrogen) atoms. The van der Waals surface area contributed by atoms with E-state index in [0.717, 1.165) is 42.6 Å². The van der Waals surface area contributed by atoms with Crippen molar-refractivity contribution in [3.05, 3.63) is 65.7 Å². The Morgan fingerprint density at radius 1 is 0.971 bits per heavy atom. The minimum atomic E-state index is -0.864. The average Bonchev–Trinajstić information content (AvgIpc) is 3.17. The first-order valence-electron chi connectivity index (χ1n) is 11.8. The van der Waals surface area contributed by atoms with E-state index in [-0.39, 0.29) is 30.2 Å². The molecule has 1 aliphatic carbocycles. The van der Waals surface area contributed by atoms with Crippen LogP contribution in [0.5, 0.6) is 0 Å². The van der Waals surface area contributed by atoms with Crippen molar-refractivity contribution in [2.75, 3.05) is 12.0 Å². The van der Waals surface area contributed by atoms with Crippen LogP contribution >= 0.6 is 0 Å². The molecule has 0 radical (unpaired) electrons. The van der Waals surface area contributed by atoms with Crippen molar-refractivity contribution in [1.82, 2.24) is 4.90 Å². The summed E-state index contributed by atoms with van der Waals surface area (Å²) >= 11 is 0. The van der Waals surface area contributed by atoms with Gasteiger partial charge in [0.1, 0.15) is 6.04 Å². The summed E-state index contributed by atoms with van der Waals surface area (Å²) in [5.74, 6) is -1.45. The summed E-state index contributed by atoms with van der Waals surface area (Å²) in [6, 6.07) is 14.5. The zero-order valence-electron chi connectivity index (χ0n) is 19.6. The second kappa shape index (κ2) is 10.2. The van der Waals surface area contributed by atoms with Gasteiger partial charge in [0.05, 0.1) is 30.8 Å². The Morgan fingerprint density at radius 2 is 1.62 bits per heavy atom. The van der Waals surface area contributed by atoms with E-state index in [1.165, 1.54) is 19.2 Å². The molecule has 1 aliphatic heterocycles. The smallest absolute Gasteiger partial charge is 0.337 e. The Balaban J connectivity index is 1.64. The standard InChI is InChI=1S/C27H30N2O5/c1-18(19-9-5-3-6-10-19)28(25(31)20-11-7-4-8-12-20)23-17-24(30)29(26(23)32)22-15-13-21(14-16-22)27(33)34-2/h3,5-6,9-10,13-16,18,20,23H,4,7-8,11-12,17H2,1-2H3. The van der Waals surface area contributed by atoms with E-state index in [2.05, 4.69) is 0 Å². The number of imide groups is 1. The fourth-order valence-corrected chi connectivity index (χ4v) is 5.04. The third-order valence-electron chi connectivity index (χ3n) is 6.91. The lowest BCUT2D eigenvalue weighted by Gasteiger charge is -2.37. The van der Waals surface area contributed by atoms with Crippen molar-refractivity contribution in [2.24, 2.45) is 5.92 Å². The van der Waals surface area contributed by atoms with Crippen molar-refractivity contribution >= 4 is 29.4 Å². The molecule has 1 heterocycles. The molecule has 7 heteroatoms. The van der Waals surface area contributed by atoms with Gasteiger partial charge in [-0.2, -0.15) is 0 Å². The third kappa shape index (κ3) is 4.60. The van der Waals surface area contributed by atoms with E-state index < -0.39 is 17.9 Å². The van der Waals surface area contributed by atoms with Crippen LogP contribution in [0.4, 0.5) is 5.69 Å². The Morgan fingerprint density at radius 3 is 2.24 bits per heavy atom. The van der Waals surface area contributed by atoms with E-state index >= 15 is 0 Å². The summed E-state index contributed by atoms with van der Waals surface area (Å²) in [4.78, 5) is 54.8. The highest BCUT2D eigenvalue weighted by Crippen LogP contribution is 2.35. The van der Waals surface area contributed by atoms with E-state index in [1.54, 1.807) is 17.0 Å². The van der Waals surface area contributed by atoms with Gasteiger partial charge in [0.25, 0.3) is 5.91 Å². The second-order valence-electron chi connectivity index (χ2n) is 8.99. The normalized spacial score (nSPS) is 19.7. The molecule has 178 valence electrons. The average molecular weight is 463 g/mol. The molecule has 1 saturated heterocycles. The molecular weight excluding hydrogens is 432 g/mol. The lowest BCUT2D eigenvalue weighted by Crippen LogP contribution is -2.49. The predicted octanol–water partition coefficient (Wildman–Crippen LogP) is 4.28. The number of hydrogen-bond donors (Lipinski definition) is 0. The maximum Gasteiger partial charge on any atom is 0.337 e. The number of ether oxygens (including phenoxy) is 1. The van der Waals surface area contributed by atoms with Gasteiger partial charge in [-0.15, -0.1) is 0 Å². The van der Waals surface area contributed by atoms with Gasteiger partial charge in [0.2, 0.25) is 11.8 Å². The number of anilines is 1. The number of rotatable bonds is 6. The maximum atomic E-state index is 13.7. The molecule has 2 aliphatic rings. The highest BCUT2D eigenvalue weighted by molar-refractivity contribution is 6.23. The Kier molecular flexibility index (Phi) is 7.10. The molecule has 2 fully saturated rings. The van der Waals surface area contributed by atoms with E-state index in [0.29, 0.717) is 11.3 Å². The lowest BCUT2D eigenvalue weighted by atomic mass is 9.87. The van der Waals surface area contributed by atoms with Crippen LogP contribution in [0.2, 0.25) is 0 Å². The number of benzene rings is 2. The van der Waals surface area contributed by atoms with Crippen molar-refractivity contribution in [3.8, 4) is 0 Å². The molecule has 2 atom stereocenters. The molecule has 0 N–H and O–H groups in total. The summed E-state index contributed by atoms with van der Waals surface area (Å²) < 4.78 is 4.71. The minimum absolute atomic E-state index is 0.0508. The van der Waals surface area contributed by atoms with Crippen molar-refractivity contribution < 1.29 is 23.9 Å². The molecule has 7 nitrogen and oxygen atoms in total. The van der Waals surface area contributed by atoms with E-state index in [9.17, 15) is 19.2 Å². The second-order valence-corrected chi connectivity index (χ2v) is 8.99. The quantitative estimate of drug-likeness (QED) is 0.473. The van der Waals surface area contributed by atoms with Crippen LogP contribution in [0, 0.1) is 5.92 Å². The summed E-state index contributed by atoms with van der Waals surface area (Å²) in [5.41, 5.74) is 1.63. The van der Waals surface area contributed by atoms with Crippen LogP contribution in [-0.4, -0.2) is 41.7 Å². The van der Waals surface area contributed by atoms with Gasteiger partial charge < -0.3 is 9.64 Å². The van der Waals surface area contributed by atoms with Crippen molar-refractivity contribution in [2.45, 2.75) is 57.5 Å². The first-order chi connectivity index (χ1) is 16.4. The molecule has 3 amide bonds. The monoisotopic (exact) mass is 462 g/mol. The number of amides is 3. The zero-order valence-corrected chi connectivity index (χ0v) is 19.6. The number of hydrogen-bond acceptors (Lipinski definition) is 5. The molecule has 2 unspecified atom stereocenters. The first-order valence-corrected chi connectivity index (χ1v) is 11.8. The molecule has 0 bridgehead atoms. The maximum absolute atomic E-state index is 13.7. The molecule has 0 spiro atoms. The highest BCUT2D eigenvalue weighted by atomic mass is 16.5. The fourth-order valence-electron chi connectivity index (χ4n) is 5.04. The van der Waals surface area contributed by atoms with Crippen LogP contribution in [0.15, 0.2) is 54.6 Å². The molecule has 0 aromatic heterocycles. The number of nitrogens with zero attached hydrogens (tertiary/aromatic N) is 2. The van der Waals surface area contributed by atoms with Gasteiger partial charge in [-0.3, -0.25) is 14.4 Å². The van der Waals surface area contributed by atoms with Crippen LogP contribution in [0.3, 0.4) is 0 Å². The Labute approximate surface area is 199 Å². The number of carbonyl (C=O) groups excluding carboxylic acids is 4. The predicted molar refractivity (Wildman–Crippen MR) is 127 cm³/mol. The van der Waals surface area contributed by atoms with Gasteiger partial charge in [0.15, 0.2) is 0 Å². The van der Waals surface area contributed by atoms with Crippen LogP contribution in [-0.2, 0) is 19.1 Å². The van der Waals surface area contributed by atoms with Crippen molar-refractivity contribution in [3.63, 3.8) is 0 Å². The topological polar surface area (TPSA) is 84.0 Å². The van der Waals surface area contributed by atoms with E-state index in [1.807, 2.05) is 37.3 Å². The number of carbonyl (C=O) groups is 4. The van der Waals surface area contributed by atoms with E-state index in [4.69, 9.17) is 4.74 Å².